The molecule has 0 spiro atoms. The normalized spacial score (nSPS) is 28.0. The summed E-state index contributed by atoms with van der Waals surface area (Å²) < 4.78 is 0. The fourth-order valence-electron chi connectivity index (χ4n) is 3.63. The Kier molecular flexibility index (Phi) is 4.13. The zero-order valence-electron chi connectivity index (χ0n) is 12.9. The molecular weight excluding hydrogens is 244 g/mol. The van der Waals surface area contributed by atoms with Gasteiger partial charge in [0, 0.05) is 12.1 Å². The SMILES string of the molecule is CC(C)Cc1ccc(C2C(N)CCCN2C2CC2)cc1. The number of likely N-dealkylation sites (tertiary alicyclic amines) is 1. The molecule has 1 saturated heterocycles. The quantitative estimate of drug-likeness (QED) is 0.909. The molecule has 2 nitrogen and oxygen atoms in total. The first-order chi connectivity index (χ1) is 9.65. The van der Waals surface area contributed by atoms with Gasteiger partial charge in [0.25, 0.3) is 0 Å². The molecule has 1 saturated carbocycles. The van der Waals surface area contributed by atoms with Gasteiger partial charge in [0.1, 0.15) is 0 Å². The topological polar surface area (TPSA) is 29.3 Å². The molecule has 0 amide bonds. The lowest BCUT2D eigenvalue weighted by Crippen LogP contribution is -2.46. The molecule has 1 aromatic carbocycles. The van der Waals surface area contributed by atoms with Gasteiger partial charge >= 0.3 is 0 Å². The highest BCUT2D eigenvalue weighted by Crippen LogP contribution is 2.39. The van der Waals surface area contributed by atoms with Crippen LogP contribution in [-0.2, 0) is 6.42 Å². The Morgan fingerprint density at radius 1 is 1.15 bits per heavy atom. The average molecular weight is 272 g/mol. The van der Waals surface area contributed by atoms with Crippen LogP contribution < -0.4 is 5.73 Å². The van der Waals surface area contributed by atoms with Crippen molar-refractivity contribution in [3.05, 3.63) is 35.4 Å². The molecule has 0 bridgehead atoms. The van der Waals surface area contributed by atoms with Crippen molar-refractivity contribution in [3.63, 3.8) is 0 Å². The summed E-state index contributed by atoms with van der Waals surface area (Å²) in [5.41, 5.74) is 9.32. The number of nitrogens with two attached hydrogens (primary N) is 1. The molecule has 2 heteroatoms. The summed E-state index contributed by atoms with van der Waals surface area (Å²) in [7, 11) is 0. The van der Waals surface area contributed by atoms with Crippen LogP contribution in [0.25, 0.3) is 0 Å². The van der Waals surface area contributed by atoms with Crippen LogP contribution >= 0.6 is 0 Å². The van der Waals surface area contributed by atoms with Crippen molar-refractivity contribution in [3.8, 4) is 0 Å². The van der Waals surface area contributed by atoms with Gasteiger partial charge in [0.15, 0.2) is 0 Å². The Morgan fingerprint density at radius 2 is 1.85 bits per heavy atom. The summed E-state index contributed by atoms with van der Waals surface area (Å²) in [5, 5.41) is 0. The van der Waals surface area contributed by atoms with Crippen molar-refractivity contribution in [2.75, 3.05) is 6.54 Å². The minimum Gasteiger partial charge on any atom is -0.326 e. The van der Waals surface area contributed by atoms with Crippen molar-refractivity contribution in [1.82, 2.24) is 4.90 Å². The van der Waals surface area contributed by atoms with E-state index >= 15 is 0 Å². The summed E-state index contributed by atoms with van der Waals surface area (Å²) in [4.78, 5) is 2.67. The molecule has 1 heterocycles. The van der Waals surface area contributed by atoms with Crippen molar-refractivity contribution >= 4 is 0 Å². The summed E-state index contributed by atoms with van der Waals surface area (Å²) >= 11 is 0. The average Bonchev–Trinajstić information content (AvgIpc) is 3.23. The first kappa shape index (κ1) is 14.1. The molecule has 2 unspecified atom stereocenters. The highest BCUT2D eigenvalue weighted by atomic mass is 15.2. The lowest BCUT2D eigenvalue weighted by atomic mass is 9.89. The highest BCUT2D eigenvalue weighted by Gasteiger charge is 2.39. The first-order valence-corrected chi connectivity index (χ1v) is 8.25. The predicted octanol–water partition coefficient (Wildman–Crippen LogP) is 3.51. The molecule has 110 valence electrons. The van der Waals surface area contributed by atoms with Crippen LogP contribution in [0.1, 0.15) is 56.7 Å². The first-order valence-electron chi connectivity index (χ1n) is 8.25. The maximum atomic E-state index is 6.44. The molecular formula is C18H28N2. The molecule has 1 aliphatic carbocycles. The third-order valence-corrected chi connectivity index (χ3v) is 4.70. The van der Waals surface area contributed by atoms with Gasteiger partial charge < -0.3 is 5.73 Å². The molecule has 1 aliphatic heterocycles. The minimum absolute atomic E-state index is 0.306. The third-order valence-electron chi connectivity index (χ3n) is 4.70. The molecule has 0 radical (unpaired) electrons. The number of hydrogen-bond acceptors (Lipinski definition) is 2. The van der Waals surface area contributed by atoms with E-state index in [9.17, 15) is 0 Å². The zero-order valence-corrected chi connectivity index (χ0v) is 12.9. The second-order valence-electron chi connectivity index (χ2n) is 7.06. The summed E-state index contributed by atoms with van der Waals surface area (Å²) in [6, 6.07) is 10.8. The molecule has 3 rings (SSSR count). The molecule has 1 aromatic rings. The van der Waals surface area contributed by atoms with Gasteiger partial charge in [-0.3, -0.25) is 4.90 Å². The van der Waals surface area contributed by atoms with Crippen LogP contribution in [0.4, 0.5) is 0 Å². The minimum atomic E-state index is 0.306. The van der Waals surface area contributed by atoms with Crippen LogP contribution in [-0.4, -0.2) is 23.5 Å². The number of rotatable bonds is 4. The Bertz CT molecular complexity index is 433. The second kappa shape index (κ2) is 5.87. The van der Waals surface area contributed by atoms with Gasteiger partial charge in [-0.1, -0.05) is 38.1 Å². The van der Waals surface area contributed by atoms with Crippen LogP contribution in [0.5, 0.6) is 0 Å². The predicted molar refractivity (Wildman–Crippen MR) is 84.7 cm³/mol. The van der Waals surface area contributed by atoms with Gasteiger partial charge in [0.2, 0.25) is 0 Å². The Labute approximate surface area is 123 Å². The van der Waals surface area contributed by atoms with E-state index in [0.717, 1.165) is 12.0 Å². The van der Waals surface area contributed by atoms with Crippen molar-refractivity contribution in [2.45, 2.75) is 64.1 Å². The van der Waals surface area contributed by atoms with Gasteiger partial charge in [0.05, 0.1) is 6.04 Å². The lowest BCUT2D eigenvalue weighted by Gasteiger charge is -2.40. The smallest absolute Gasteiger partial charge is 0.0502 e. The van der Waals surface area contributed by atoms with E-state index < -0.39 is 0 Å². The molecule has 2 fully saturated rings. The van der Waals surface area contributed by atoms with Crippen LogP contribution in [0, 0.1) is 5.92 Å². The summed E-state index contributed by atoms with van der Waals surface area (Å²) in [6.07, 6.45) is 6.34. The van der Waals surface area contributed by atoms with Crippen LogP contribution in [0.15, 0.2) is 24.3 Å². The molecule has 2 aliphatic rings. The Morgan fingerprint density at radius 3 is 2.45 bits per heavy atom. The number of nitrogens with zero attached hydrogens (tertiary/aromatic N) is 1. The molecule has 2 N–H and O–H groups in total. The van der Waals surface area contributed by atoms with E-state index in [1.54, 1.807) is 0 Å². The maximum Gasteiger partial charge on any atom is 0.0502 e. The third kappa shape index (κ3) is 3.07. The number of benzene rings is 1. The van der Waals surface area contributed by atoms with E-state index in [1.165, 1.54) is 49.8 Å². The molecule has 2 atom stereocenters. The fraction of sp³-hybridized carbons (Fsp3) is 0.667. The summed E-state index contributed by atoms with van der Waals surface area (Å²) in [5.74, 6) is 0.723. The standard InChI is InChI=1S/C18H28N2/c1-13(2)12-14-5-7-15(8-6-14)18-17(19)4-3-11-20(18)16-9-10-16/h5-8,13,16-18H,3-4,9-12,19H2,1-2H3. The van der Waals surface area contributed by atoms with E-state index in [2.05, 4.69) is 43.0 Å². The Balaban J connectivity index is 1.78. The zero-order chi connectivity index (χ0) is 14.1. The Hall–Kier alpha value is -0.860. The van der Waals surface area contributed by atoms with E-state index in [1.807, 2.05) is 0 Å². The van der Waals surface area contributed by atoms with E-state index in [0.29, 0.717) is 12.1 Å². The molecule has 0 aromatic heterocycles. The van der Waals surface area contributed by atoms with Crippen LogP contribution in [0.2, 0.25) is 0 Å². The number of hydrogen-bond donors (Lipinski definition) is 1. The van der Waals surface area contributed by atoms with E-state index in [-0.39, 0.29) is 0 Å². The van der Waals surface area contributed by atoms with Crippen molar-refractivity contribution in [2.24, 2.45) is 11.7 Å². The maximum absolute atomic E-state index is 6.44. The van der Waals surface area contributed by atoms with Gasteiger partial charge in [-0.25, -0.2) is 0 Å². The fourth-order valence-corrected chi connectivity index (χ4v) is 3.63. The number of piperidine rings is 1. The summed E-state index contributed by atoms with van der Waals surface area (Å²) in [6.45, 7) is 5.79. The van der Waals surface area contributed by atoms with Gasteiger partial charge in [-0.2, -0.15) is 0 Å². The van der Waals surface area contributed by atoms with Crippen molar-refractivity contribution in [1.29, 1.82) is 0 Å². The molecule has 20 heavy (non-hydrogen) atoms. The van der Waals surface area contributed by atoms with Gasteiger partial charge in [-0.05, 0) is 55.7 Å². The van der Waals surface area contributed by atoms with Gasteiger partial charge in [-0.15, -0.1) is 0 Å². The van der Waals surface area contributed by atoms with Crippen LogP contribution in [0.3, 0.4) is 0 Å². The van der Waals surface area contributed by atoms with Crippen molar-refractivity contribution < 1.29 is 0 Å². The van der Waals surface area contributed by atoms with E-state index in [4.69, 9.17) is 5.73 Å². The second-order valence-corrected chi connectivity index (χ2v) is 7.06. The highest BCUT2D eigenvalue weighted by molar-refractivity contribution is 5.27. The lowest BCUT2D eigenvalue weighted by molar-refractivity contribution is 0.120. The largest absolute Gasteiger partial charge is 0.326 e. The monoisotopic (exact) mass is 272 g/mol.